The summed E-state index contributed by atoms with van der Waals surface area (Å²) in [6.07, 6.45) is 0. The van der Waals surface area contributed by atoms with Crippen molar-refractivity contribution in [1.29, 1.82) is 0 Å². The third-order valence-corrected chi connectivity index (χ3v) is 4.54. The molecule has 3 aromatic rings. The first kappa shape index (κ1) is 21.1. The molecule has 2 amide bonds. The van der Waals surface area contributed by atoms with E-state index in [0.717, 1.165) is 16.8 Å². The SMILES string of the molecule is Cc1cccc(C)c1NC(=O)CN(C)C(=O)c1ccc(COc2ccc(F)cc2)o1. The number of anilines is 1. The molecule has 0 bridgehead atoms. The van der Waals surface area contributed by atoms with Crippen LogP contribution in [0.25, 0.3) is 0 Å². The third kappa shape index (κ3) is 5.26. The number of para-hydroxylation sites is 1. The summed E-state index contributed by atoms with van der Waals surface area (Å²) in [4.78, 5) is 26.2. The van der Waals surface area contributed by atoms with E-state index in [0.29, 0.717) is 11.5 Å². The van der Waals surface area contributed by atoms with Gasteiger partial charge in [-0.3, -0.25) is 9.59 Å². The first-order chi connectivity index (χ1) is 14.3. The summed E-state index contributed by atoms with van der Waals surface area (Å²) in [7, 11) is 1.53. The zero-order valence-electron chi connectivity index (χ0n) is 17.1. The van der Waals surface area contributed by atoms with Gasteiger partial charge in [0.2, 0.25) is 5.91 Å². The number of halogens is 1. The number of nitrogens with one attached hydrogen (secondary N) is 1. The highest BCUT2D eigenvalue weighted by atomic mass is 19.1. The summed E-state index contributed by atoms with van der Waals surface area (Å²) >= 11 is 0. The molecule has 0 radical (unpaired) electrons. The molecule has 0 aliphatic carbocycles. The van der Waals surface area contributed by atoms with Gasteiger partial charge in [-0.1, -0.05) is 18.2 Å². The maximum Gasteiger partial charge on any atom is 0.289 e. The van der Waals surface area contributed by atoms with Gasteiger partial charge in [-0.2, -0.15) is 0 Å². The maximum atomic E-state index is 12.9. The number of carbonyl (C=O) groups excluding carboxylic acids is 2. The fraction of sp³-hybridized carbons (Fsp3) is 0.217. The highest BCUT2D eigenvalue weighted by molar-refractivity contribution is 5.98. The molecule has 6 nitrogen and oxygen atoms in total. The number of nitrogens with zero attached hydrogens (tertiary/aromatic N) is 1. The Morgan fingerprint density at radius 3 is 2.37 bits per heavy atom. The Morgan fingerprint density at radius 1 is 1.03 bits per heavy atom. The Hall–Kier alpha value is -3.61. The summed E-state index contributed by atoms with van der Waals surface area (Å²) in [5.41, 5.74) is 2.66. The highest BCUT2D eigenvalue weighted by Gasteiger charge is 2.19. The molecule has 0 aliphatic rings. The topological polar surface area (TPSA) is 71.8 Å². The standard InChI is InChI=1S/C23H23FN2O4/c1-15-5-4-6-16(2)22(15)25-21(27)13-26(3)23(28)20-12-11-19(30-20)14-29-18-9-7-17(24)8-10-18/h4-12H,13-14H2,1-3H3,(H,25,27). The van der Waals surface area contributed by atoms with Crippen LogP contribution in [-0.2, 0) is 11.4 Å². The van der Waals surface area contributed by atoms with Crippen molar-refractivity contribution in [2.45, 2.75) is 20.5 Å². The zero-order chi connectivity index (χ0) is 21.7. The Balaban J connectivity index is 1.55. The average Bonchev–Trinajstić information content (AvgIpc) is 3.19. The van der Waals surface area contributed by atoms with Crippen LogP contribution in [0.3, 0.4) is 0 Å². The number of amides is 2. The van der Waals surface area contributed by atoms with E-state index in [-0.39, 0.29) is 30.6 Å². The second kappa shape index (κ2) is 9.26. The predicted octanol–water partition coefficient (Wildman–Crippen LogP) is 4.33. The largest absolute Gasteiger partial charge is 0.486 e. The van der Waals surface area contributed by atoms with E-state index in [9.17, 15) is 14.0 Å². The van der Waals surface area contributed by atoms with Crippen LogP contribution >= 0.6 is 0 Å². The van der Waals surface area contributed by atoms with Crippen molar-refractivity contribution in [1.82, 2.24) is 4.90 Å². The smallest absolute Gasteiger partial charge is 0.289 e. The van der Waals surface area contributed by atoms with Crippen LogP contribution in [0.5, 0.6) is 5.75 Å². The van der Waals surface area contributed by atoms with E-state index in [2.05, 4.69) is 5.32 Å². The molecule has 0 unspecified atom stereocenters. The first-order valence-electron chi connectivity index (χ1n) is 9.42. The van der Waals surface area contributed by atoms with Crippen molar-refractivity contribution in [2.24, 2.45) is 0 Å². The normalized spacial score (nSPS) is 10.5. The molecule has 0 fully saturated rings. The van der Waals surface area contributed by atoms with E-state index in [4.69, 9.17) is 9.15 Å². The van der Waals surface area contributed by atoms with Gasteiger partial charge in [0.1, 0.15) is 23.9 Å². The van der Waals surface area contributed by atoms with Crippen molar-refractivity contribution in [3.05, 3.63) is 83.1 Å². The predicted molar refractivity (Wildman–Crippen MR) is 111 cm³/mol. The number of hydrogen-bond acceptors (Lipinski definition) is 4. The summed E-state index contributed by atoms with van der Waals surface area (Å²) in [6.45, 7) is 3.80. The number of carbonyl (C=O) groups is 2. The van der Waals surface area contributed by atoms with E-state index >= 15 is 0 Å². The van der Waals surface area contributed by atoms with Gasteiger partial charge in [0.25, 0.3) is 5.91 Å². The molecule has 2 aromatic carbocycles. The van der Waals surface area contributed by atoms with Crippen LogP contribution in [-0.4, -0.2) is 30.3 Å². The summed E-state index contributed by atoms with van der Waals surface area (Å²) in [5, 5.41) is 2.85. The van der Waals surface area contributed by atoms with E-state index in [1.165, 1.54) is 42.3 Å². The Kier molecular flexibility index (Phi) is 6.51. The zero-order valence-corrected chi connectivity index (χ0v) is 17.1. The molecule has 0 saturated carbocycles. The Bertz CT molecular complexity index is 1020. The summed E-state index contributed by atoms with van der Waals surface area (Å²) in [5.74, 6) is -0.0284. The van der Waals surface area contributed by atoms with Crippen LogP contribution in [0.4, 0.5) is 10.1 Å². The fourth-order valence-electron chi connectivity index (χ4n) is 2.92. The summed E-state index contributed by atoms with van der Waals surface area (Å²) < 4.78 is 24.0. The van der Waals surface area contributed by atoms with Crippen molar-refractivity contribution >= 4 is 17.5 Å². The number of aryl methyl sites for hydroxylation is 2. The number of ether oxygens (including phenoxy) is 1. The summed E-state index contributed by atoms with van der Waals surface area (Å²) in [6, 6.07) is 14.5. The molecule has 1 heterocycles. The van der Waals surface area contributed by atoms with Gasteiger partial charge in [0.15, 0.2) is 5.76 Å². The van der Waals surface area contributed by atoms with Crippen molar-refractivity contribution in [3.8, 4) is 5.75 Å². The fourth-order valence-corrected chi connectivity index (χ4v) is 2.92. The Labute approximate surface area is 174 Å². The maximum absolute atomic E-state index is 12.9. The van der Waals surface area contributed by atoms with E-state index in [1.54, 1.807) is 6.07 Å². The average molecular weight is 410 g/mol. The van der Waals surface area contributed by atoms with Crippen molar-refractivity contribution in [3.63, 3.8) is 0 Å². The molecular weight excluding hydrogens is 387 g/mol. The molecular formula is C23H23FN2O4. The minimum absolute atomic E-state index is 0.0929. The van der Waals surface area contributed by atoms with Gasteiger partial charge >= 0.3 is 0 Å². The van der Waals surface area contributed by atoms with Crippen molar-refractivity contribution < 1.29 is 23.1 Å². The second-order valence-corrected chi connectivity index (χ2v) is 6.98. The van der Waals surface area contributed by atoms with Crippen LogP contribution in [0.1, 0.15) is 27.4 Å². The van der Waals surface area contributed by atoms with Gasteiger partial charge in [-0.05, 0) is 61.4 Å². The molecule has 1 N–H and O–H groups in total. The first-order valence-corrected chi connectivity index (χ1v) is 9.42. The van der Waals surface area contributed by atoms with Gasteiger partial charge in [-0.25, -0.2) is 4.39 Å². The van der Waals surface area contributed by atoms with Crippen LogP contribution in [0, 0.1) is 19.7 Å². The monoisotopic (exact) mass is 410 g/mol. The van der Waals surface area contributed by atoms with Crippen LogP contribution < -0.4 is 10.1 Å². The number of hydrogen-bond donors (Lipinski definition) is 1. The molecule has 0 spiro atoms. The molecule has 1 aromatic heterocycles. The van der Waals surface area contributed by atoms with Gasteiger partial charge in [0.05, 0.1) is 6.54 Å². The molecule has 0 saturated heterocycles. The van der Waals surface area contributed by atoms with Gasteiger partial charge < -0.3 is 19.4 Å². The number of rotatable bonds is 7. The molecule has 156 valence electrons. The minimum atomic E-state index is -0.417. The lowest BCUT2D eigenvalue weighted by Gasteiger charge is -2.17. The molecule has 30 heavy (non-hydrogen) atoms. The lowest BCUT2D eigenvalue weighted by atomic mass is 10.1. The molecule has 3 rings (SSSR count). The minimum Gasteiger partial charge on any atom is -0.486 e. The quantitative estimate of drug-likeness (QED) is 0.630. The molecule has 0 aliphatic heterocycles. The van der Waals surface area contributed by atoms with Gasteiger partial charge in [0, 0.05) is 12.7 Å². The second-order valence-electron chi connectivity index (χ2n) is 6.98. The Morgan fingerprint density at radius 2 is 1.70 bits per heavy atom. The van der Waals surface area contributed by atoms with Crippen LogP contribution in [0.2, 0.25) is 0 Å². The number of benzene rings is 2. The molecule has 7 heteroatoms. The van der Waals surface area contributed by atoms with Crippen molar-refractivity contribution in [2.75, 3.05) is 18.9 Å². The molecule has 0 atom stereocenters. The number of likely N-dealkylation sites (N-methyl/N-ethyl adjacent to an activating group) is 1. The number of furan rings is 1. The lowest BCUT2D eigenvalue weighted by molar-refractivity contribution is -0.116. The highest BCUT2D eigenvalue weighted by Crippen LogP contribution is 2.19. The third-order valence-electron chi connectivity index (χ3n) is 4.54. The van der Waals surface area contributed by atoms with Crippen LogP contribution in [0.15, 0.2) is 59.0 Å². The van der Waals surface area contributed by atoms with E-state index in [1.807, 2.05) is 32.0 Å². The van der Waals surface area contributed by atoms with E-state index < -0.39 is 5.91 Å². The van der Waals surface area contributed by atoms with Gasteiger partial charge in [-0.15, -0.1) is 0 Å². The lowest BCUT2D eigenvalue weighted by Crippen LogP contribution is -2.35.